The molecule has 5 nitrogen and oxygen atoms in total. The van der Waals surface area contributed by atoms with Crippen LogP contribution in [0.5, 0.6) is 0 Å². The van der Waals surface area contributed by atoms with E-state index in [1.165, 1.54) is 25.1 Å². The minimum Gasteiger partial charge on any atom is -0.878 e. The van der Waals surface area contributed by atoms with Crippen LogP contribution in [0, 0.1) is 10.1 Å². The molecule has 0 aliphatic rings. The smallest absolute Gasteiger partial charge is 0.878 e. The molecule has 0 aromatic heterocycles. The maximum absolute atomic E-state index is 11.5. The molecule has 0 bridgehead atoms. The van der Waals surface area contributed by atoms with Crippen LogP contribution in [0.2, 0.25) is 0 Å². The molecule has 0 saturated carbocycles. The fraction of sp³-hybridized carbons (Fsp3) is 0.100. The van der Waals surface area contributed by atoms with E-state index in [1.54, 1.807) is 0 Å². The van der Waals surface area contributed by atoms with Gasteiger partial charge >= 0.3 is 29.6 Å². The van der Waals surface area contributed by atoms with E-state index in [9.17, 15) is 20.0 Å². The molecule has 0 spiro atoms. The molecule has 0 aliphatic carbocycles. The predicted molar refractivity (Wildman–Crippen MR) is 51.2 cm³/mol. The summed E-state index contributed by atoms with van der Waals surface area (Å²) in [7, 11) is 0. The van der Waals surface area contributed by atoms with Crippen molar-refractivity contribution in [2.75, 3.05) is 0 Å². The minimum atomic E-state index is -0.590. The summed E-state index contributed by atoms with van der Waals surface area (Å²) >= 11 is 0. The fourth-order valence-electron chi connectivity index (χ4n) is 1.04. The average molecular weight is 229 g/mol. The number of rotatable bonds is 3. The standard InChI is InChI=1S/C10H9NO4.Na/c1-7(6-12)10(13)8-3-2-4-9(5-8)11(14)15;/h2-6,12H,1H3;/q;+1/p-1/b7-6-;. The first-order valence-electron chi connectivity index (χ1n) is 4.14. The molecule has 16 heavy (non-hydrogen) atoms. The number of allylic oxidation sites excluding steroid dienone is 1. The van der Waals surface area contributed by atoms with Gasteiger partial charge in [0, 0.05) is 17.7 Å². The molecule has 0 saturated heterocycles. The van der Waals surface area contributed by atoms with Crippen molar-refractivity contribution in [2.24, 2.45) is 0 Å². The third-order valence-corrected chi connectivity index (χ3v) is 1.85. The zero-order valence-electron chi connectivity index (χ0n) is 8.97. The van der Waals surface area contributed by atoms with Crippen molar-refractivity contribution < 1.29 is 44.4 Å². The molecule has 0 aliphatic heterocycles. The largest absolute Gasteiger partial charge is 1.00 e. The molecule has 0 fully saturated rings. The van der Waals surface area contributed by atoms with Gasteiger partial charge in [0.1, 0.15) is 0 Å². The number of nitro benzene ring substituents is 1. The molecule has 0 unspecified atom stereocenters. The second-order valence-corrected chi connectivity index (χ2v) is 2.94. The van der Waals surface area contributed by atoms with Crippen molar-refractivity contribution in [1.29, 1.82) is 0 Å². The second kappa shape index (κ2) is 6.42. The summed E-state index contributed by atoms with van der Waals surface area (Å²) in [5.74, 6) is -0.492. The van der Waals surface area contributed by atoms with Crippen LogP contribution < -0.4 is 34.7 Å². The molecular formula is C10H8NNaO4. The van der Waals surface area contributed by atoms with Gasteiger partial charge in [-0.15, -0.1) is 6.26 Å². The van der Waals surface area contributed by atoms with Gasteiger partial charge in [-0.3, -0.25) is 14.9 Å². The van der Waals surface area contributed by atoms with Crippen LogP contribution in [0.15, 0.2) is 36.1 Å². The van der Waals surface area contributed by atoms with Crippen LogP contribution in [0.1, 0.15) is 17.3 Å². The summed E-state index contributed by atoms with van der Waals surface area (Å²) in [6, 6.07) is 5.27. The average Bonchev–Trinajstić information content (AvgIpc) is 2.27. The van der Waals surface area contributed by atoms with Crippen molar-refractivity contribution >= 4 is 11.5 Å². The number of Topliss-reactive ketones (excluding diaryl/α,β-unsaturated/α-hetero) is 1. The van der Waals surface area contributed by atoms with Crippen molar-refractivity contribution in [3.63, 3.8) is 0 Å². The second-order valence-electron chi connectivity index (χ2n) is 2.94. The van der Waals surface area contributed by atoms with E-state index in [0.29, 0.717) is 6.26 Å². The van der Waals surface area contributed by atoms with Gasteiger partial charge in [-0.1, -0.05) is 12.1 Å². The Morgan fingerprint density at radius 3 is 2.56 bits per heavy atom. The maximum Gasteiger partial charge on any atom is 1.00 e. The van der Waals surface area contributed by atoms with Gasteiger partial charge in [-0.25, -0.2) is 0 Å². The number of carbonyl (C=O) groups is 1. The van der Waals surface area contributed by atoms with Crippen LogP contribution in [0.25, 0.3) is 0 Å². The van der Waals surface area contributed by atoms with E-state index in [1.807, 2.05) is 0 Å². The van der Waals surface area contributed by atoms with E-state index in [-0.39, 0.29) is 46.4 Å². The number of nitro groups is 1. The first-order valence-corrected chi connectivity index (χ1v) is 4.14. The number of benzene rings is 1. The number of ketones is 1. The monoisotopic (exact) mass is 229 g/mol. The molecule has 6 heteroatoms. The van der Waals surface area contributed by atoms with Gasteiger partial charge in [0.05, 0.1) is 4.92 Å². The number of carbonyl (C=O) groups excluding carboxylic acids is 1. The summed E-state index contributed by atoms with van der Waals surface area (Å²) in [4.78, 5) is 21.3. The zero-order chi connectivity index (χ0) is 11.4. The zero-order valence-corrected chi connectivity index (χ0v) is 11.0. The molecule has 0 amide bonds. The predicted octanol–water partition coefficient (Wildman–Crippen LogP) is -1.95. The Bertz CT molecular complexity index is 442. The Labute approximate surface area is 114 Å². The Morgan fingerprint density at radius 1 is 1.44 bits per heavy atom. The van der Waals surface area contributed by atoms with E-state index in [2.05, 4.69) is 0 Å². The summed E-state index contributed by atoms with van der Waals surface area (Å²) in [6.45, 7) is 1.37. The quantitative estimate of drug-likeness (QED) is 0.150. The van der Waals surface area contributed by atoms with Crippen molar-refractivity contribution in [1.82, 2.24) is 0 Å². The summed E-state index contributed by atoms with van der Waals surface area (Å²) in [5, 5.41) is 20.8. The van der Waals surface area contributed by atoms with Crippen LogP contribution in [-0.4, -0.2) is 10.7 Å². The molecule has 1 rings (SSSR count). The maximum atomic E-state index is 11.5. The third-order valence-electron chi connectivity index (χ3n) is 1.85. The fourth-order valence-corrected chi connectivity index (χ4v) is 1.04. The Morgan fingerprint density at radius 2 is 2.06 bits per heavy atom. The number of hydrogen-bond donors (Lipinski definition) is 0. The molecule has 0 atom stereocenters. The topological polar surface area (TPSA) is 83.3 Å². The van der Waals surface area contributed by atoms with Crippen LogP contribution in [-0.2, 0) is 0 Å². The third kappa shape index (κ3) is 3.44. The number of non-ortho nitro benzene ring substituents is 1. The SMILES string of the molecule is C/C(=C/[O-])C(=O)c1cccc([N+](=O)[O-])c1.[Na+]. The van der Waals surface area contributed by atoms with Gasteiger partial charge in [0.15, 0.2) is 5.78 Å². The summed E-state index contributed by atoms with van der Waals surface area (Å²) in [5.41, 5.74) is 0.00356. The first kappa shape index (κ1) is 14.8. The number of hydrogen-bond acceptors (Lipinski definition) is 4. The molecular weight excluding hydrogens is 221 g/mol. The van der Waals surface area contributed by atoms with E-state index < -0.39 is 10.7 Å². The van der Waals surface area contributed by atoms with Crippen molar-refractivity contribution in [2.45, 2.75) is 6.92 Å². The van der Waals surface area contributed by atoms with Crippen LogP contribution >= 0.6 is 0 Å². The van der Waals surface area contributed by atoms with Gasteiger partial charge in [-0.05, 0) is 12.5 Å². The van der Waals surface area contributed by atoms with Crippen LogP contribution in [0.3, 0.4) is 0 Å². The molecule has 0 heterocycles. The van der Waals surface area contributed by atoms with Gasteiger partial charge < -0.3 is 5.11 Å². The summed E-state index contributed by atoms with van der Waals surface area (Å²) < 4.78 is 0. The van der Waals surface area contributed by atoms with Gasteiger partial charge in [0.25, 0.3) is 5.69 Å². The Balaban J connectivity index is 0.00000225. The van der Waals surface area contributed by atoms with E-state index in [0.717, 1.165) is 6.07 Å². The van der Waals surface area contributed by atoms with Gasteiger partial charge in [-0.2, -0.15) is 0 Å². The first-order chi connectivity index (χ1) is 7.06. The molecule has 78 valence electrons. The Kier molecular flexibility index (Phi) is 5.95. The summed E-state index contributed by atoms with van der Waals surface area (Å²) in [6.07, 6.45) is 0.432. The molecule has 1 aromatic rings. The Hall–Kier alpha value is -1.17. The number of nitrogens with zero attached hydrogens (tertiary/aromatic N) is 1. The minimum absolute atomic E-state index is 0. The van der Waals surface area contributed by atoms with Crippen molar-refractivity contribution in [3.05, 3.63) is 51.8 Å². The van der Waals surface area contributed by atoms with E-state index >= 15 is 0 Å². The van der Waals surface area contributed by atoms with Crippen LogP contribution in [0.4, 0.5) is 5.69 Å². The molecule has 0 N–H and O–H groups in total. The van der Waals surface area contributed by atoms with E-state index in [4.69, 9.17) is 0 Å². The molecule has 0 radical (unpaired) electrons. The molecule has 1 aromatic carbocycles. The normalized spacial score (nSPS) is 10.4. The van der Waals surface area contributed by atoms with Crippen molar-refractivity contribution in [3.8, 4) is 0 Å². The van der Waals surface area contributed by atoms with Gasteiger partial charge in [0.2, 0.25) is 0 Å².